The first-order chi connectivity index (χ1) is 9.33. The molecular formula is C16H15N3. The quantitative estimate of drug-likeness (QED) is 0.699. The van der Waals surface area contributed by atoms with E-state index in [4.69, 9.17) is 5.73 Å². The molecule has 0 aliphatic heterocycles. The van der Waals surface area contributed by atoms with Gasteiger partial charge in [0.05, 0.1) is 0 Å². The Morgan fingerprint density at radius 2 is 1.89 bits per heavy atom. The summed E-state index contributed by atoms with van der Waals surface area (Å²) < 4.78 is 0. The molecule has 3 N–H and O–H groups in total. The van der Waals surface area contributed by atoms with E-state index in [-0.39, 0.29) is 0 Å². The van der Waals surface area contributed by atoms with Gasteiger partial charge in [0, 0.05) is 23.8 Å². The number of anilines is 2. The van der Waals surface area contributed by atoms with Crippen LogP contribution in [0.25, 0.3) is 10.8 Å². The van der Waals surface area contributed by atoms with Crippen LogP contribution < -0.4 is 11.1 Å². The summed E-state index contributed by atoms with van der Waals surface area (Å²) in [7, 11) is 0. The second-order valence-corrected chi connectivity index (χ2v) is 4.48. The van der Waals surface area contributed by atoms with Gasteiger partial charge in [-0.2, -0.15) is 0 Å². The Hall–Kier alpha value is -2.55. The van der Waals surface area contributed by atoms with Crippen LogP contribution in [0.5, 0.6) is 0 Å². The summed E-state index contributed by atoms with van der Waals surface area (Å²) in [5.41, 5.74) is 7.71. The van der Waals surface area contributed by atoms with Crippen LogP contribution in [-0.4, -0.2) is 4.98 Å². The summed E-state index contributed by atoms with van der Waals surface area (Å²) in [5, 5.41) is 5.69. The molecule has 0 saturated heterocycles. The first-order valence-electron chi connectivity index (χ1n) is 6.25. The van der Waals surface area contributed by atoms with E-state index in [0.717, 1.165) is 22.5 Å². The van der Waals surface area contributed by atoms with Crippen molar-refractivity contribution in [2.24, 2.45) is 0 Å². The van der Waals surface area contributed by atoms with Gasteiger partial charge in [0.1, 0.15) is 5.82 Å². The molecule has 2 aromatic carbocycles. The summed E-state index contributed by atoms with van der Waals surface area (Å²) in [5.74, 6) is 0.903. The average molecular weight is 249 g/mol. The minimum absolute atomic E-state index is 0.714. The van der Waals surface area contributed by atoms with E-state index < -0.39 is 0 Å². The fourth-order valence-electron chi connectivity index (χ4n) is 2.15. The van der Waals surface area contributed by atoms with Gasteiger partial charge >= 0.3 is 0 Å². The molecule has 3 aromatic rings. The standard InChI is InChI=1S/C16H15N3/c17-14-6-3-4-12(10-14)11-19-16-15-7-2-1-5-13(15)8-9-18-16/h1-10H,11,17H2,(H,18,19). The summed E-state index contributed by atoms with van der Waals surface area (Å²) in [6, 6.07) is 18.1. The highest BCUT2D eigenvalue weighted by Gasteiger charge is 2.01. The Morgan fingerprint density at radius 1 is 1.00 bits per heavy atom. The molecule has 3 rings (SSSR count). The maximum absolute atomic E-state index is 5.77. The molecular weight excluding hydrogens is 234 g/mol. The maximum atomic E-state index is 5.77. The number of fused-ring (bicyclic) bond motifs is 1. The summed E-state index contributed by atoms with van der Waals surface area (Å²) in [6.45, 7) is 0.714. The fourth-order valence-corrected chi connectivity index (χ4v) is 2.15. The summed E-state index contributed by atoms with van der Waals surface area (Å²) in [4.78, 5) is 4.40. The topological polar surface area (TPSA) is 50.9 Å². The molecule has 94 valence electrons. The van der Waals surface area contributed by atoms with Gasteiger partial charge in [-0.1, -0.05) is 36.4 Å². The number of hydrogen-bond acceptors (Lipinski definition) is 3. The second-order valence-electron chi connectivity index (χ2n) is 4.48. The third kappa shape index (κ3) is 2.50. The lowest BCUT2D eigenvalue weighted by molar-refractivity contribution is 1.12. The van der Waals surface area contributed by atoms with Crippen LogP contribution in [0, 0.1) is 0 Å². The first kappa shape index (κ1) is 11.5. The maximum Gasteiger partial charge on any atom is 0.134 e. The molecule has 0 spiro atoms. The minimum Gasteiger partial charge on any atom is -0.399 e. The number of nitrogens with zero attached hydrogens (tertiary/aromatic N) is 1. The van der Waals surface area contributed by atoms with Gasteiger partial charge in [-0.05, 0) is 29.1 Å². The number of aromatic nitrogens is 1. The Balaban J connectivity index is 1.86. The van der Waals surface area contributed by atoms with Gasteiger partial charge in [0.2, 0.25) is 0 Å². The number of rotatable bonds is 3. The summed E-state index contributed by atoms with van der Waals surface area (Å²) >= 11 is 0. The van der Waals surface area contributed by atoms with Gasteiger partial charge < -0.3 is 11.1 Å². The zero-order valence-electron chi connectivity index (χ0n) is 10.5. The Morgan fingerprint density at radius 3 is 2.79 bits per heavy atom. The van der Waals surface area contributed by atoms with Crippen molar-refractivity contribution in [1.82, 2.24) is 4.98 Å². The number of nitrogens with one attached hydrogen (secondary N) is 1. The Labute approximate surface area is 112 Å². The van der Waals surface area contributed by atoms with Gasteiger partial charge in [0.15, 0.2) is 0 Å². The van der Waals surface area contributed by atoms with E-state index in [0.29, 0.717) is 6.54 Å². The first-order valence-corrected chi connectivity index (χ1v) is 6.25. The number of nitrogen functional groups attached to an aromatic ring is 1. The SMILES string of the molecule is Nc1cccc(CNc2nccc3ccccc23)c1. The van der Waals surface area contributed by atoms with Crippen LogP contribution >= 0.6 is 0 Å². The molecule has 0 aliphatic carbocycles. The molecule has 0 fully saturated rings. The van der Waals surface area contributed by atoms with Crippen molar-refractivity contribution >= 4 is 22.3 Å². The monoisotopic (exact) mass is 249 g/mol. The Kier molecular flexibility index (Phi) is 3.02. The second kappa shape index (κ2) is 4.98. The van der Waals surface area contributed by atoms with Gasteiger partial charge in [-0.15, -0.1) is 0 Å². The largest absolute Gasteiger partial charge is 0.399 e. The van der Waals surface area contributed by atoms with Crippen molar-refractivity contribution < 1.29 is 0 Å². The van der Waals surface area contributed by atoms with Crippen molar-refractivity contribution in [3.8, 4) is 0 Å². The molecule has 3 heteroatoms. The van der Waals surface area contributed by atoms with Crippen LogP contribution in [0.3, 0.4) is 0 Å². The molecule has 19 heavy (non-hydrogen) atoms. The van der Waals surface area contributed by atoms with Gasteiger partial charge in [-0.25, -0.2) is 4.98 Å². The van der Waals surface area contributed by atoms with E-state index in [1.165, 1.54) is 5.39 Å². The molecule has 0 atom stereocenters. The molecule has 1 heterocycles. The van der Waals surface area contributed by atoms with Crippen LogP contribution in [0.4, 0.5) is 11.5 Å². The van der Waals surface area contributed by atoms with Crippen LogP contribution in [-0.2, 0) is 6.54 Å². The lowest BCUT2D eigenvalue weighted by Gasteiger charge is -2.09. The van der Waals surface area contributed by atoms with Crippen LogP contribution in [0.1, 0.15) is 5.56 Å². The highest BCUT2D eigenvalue weighted by atomic mass is 15.0. The molecule has 0 radical (unpaired) electrons. The van der Waals surface area contributed by atoms with Gasteiger partial charge in [-0.3, -0.25) is 0 Å². The molecule has 0 amide bonds. The number of pyridine rings is 1. The van der Waals surface area contributed by atoms with Crippen LogP contribution in [0.2, 0.25) is 0 Å². The van der Waals surface area contributed by atoms with Crippen molar-refractivity contribution in [3.05, 3.63) is 66.4 Å². The fraction of sp³-hybridized carbons (Fsp3) is 0.0625. The highest BCUT2D eigenvalue weighted by molar-refractivity contribution is 5.91. The third-order valence-corrected chi connectivity index (χ3v) is 3.08. The van der Waals surface area contributed by atoms with Crippen LogP contribution in [0.15, 0.2) is 60.8 Å². The number of hydrogen-bond donors (Lipinski definition) is 2. The number of benzene rings is 2. The summed E-state index contributed by atoms with van der Waals surface area (Å²) in [6.07, 6.45) is 1.82. The van der Waals surface area contributed by atoms with E-state index >= 15 is 0 Å². The zero-order valence-corrected chi connectivity index (χ0v) is 10.5. The lowest BCUT2D eigenvalue weighted by Crippen LogP contribution is -2.02. The molecule has 0 saturated carbocycles. The van der Waals surface area contributed by atoms with E-state index in [9.17, 15) is 0 Å². The minimum atomic E-state index is 0.714. The van der Waals surface area contributed by atoms with Crippen molar-refractivity contribution in [2.45, 2.75) is 6.54 Å². The molecule has 3 nitrogen and oxygen atoms in total. The van der Waals surface area contributed by atoms with Crippen molar-refractivity contribution in [2.75, 3.05) is 11.1 Å². The molecule has 0 bridgehead atoms. The zero-order chi connectivity index (χ0) is 13.1. The third-order valence-electron chi connectivity index (χ3n) is 3.08. The predicted octanol–water partition coefficient (Wildman–Crippen LogP) is 3.43. The average Bonchev–Trinajstić information content (AvgIpc) is 2.45. The predicted molar refractivity (Wildman–Crippen MR) is 79.9 cm³/mol. The van der Waals surface area contributed by atoms with E-state index in [2.05, 4.69) is 28.5 Å². The number of nitrogens with two attached hydrogens (primary N) is 1. The molecule has 0 aliphatic rings. The normalized spacial score (nSPS) is 10.5. The van der Waals surface area contributed by atoms with Gasteiger partial charge in [0.25, 0.3) is 0 Å². The van der Waals surface area contributed by atoms with Crippen molar-refractivity contribution in [3.63, 3.8) is 0 Å². The highest BCUT2D eigenvalue weighted by Crippen LogP contribution is 2.21. The van der Waals surface area contributed by atoms with E-state index in [1.54, 1.807) is 0 Å². The Bertz CT molecular complexity index is 702. The van der Waals surface area contributed by atoms with Crippen molar-refractivity contribution in [1.29, 1.82) is 0 Å². The molecule has 1 aromatic heterocycles. The lowest BCUT2D eigenvalue weighted by atomic mass is 10.1. The smallest absolute Gasteiger partial charge is 0.134 e. The van der Waals surface area contributed by atoms with E-state index in [1.807, 2.05) is 42.6 Å². The molecule has 0 unspecified atom stereocenters.